The van der Waals surface area contributed by atoms with E-state index in [0.29, 0.717) is 32.1 Å². The summed E-state index contributed by atoms with van der Waals surface area (Å²) in [6, 6.07) is 15.5. The standard InChI is InChI=1S/C26H25ClN4O3S3/c1-4-34-25(33)23-20(17-7-9-18(27)10-8-17)13-36-24(23)28-22(32)15-37-26-30-29-21(31(26)3)14-35-19-11-5-16(2)6-12-19/h5-13H,4,14-15H2,1-3H3,(H,28,32). The molecule has 4 aromatic rings. The third kappa shape index (κ3) is 6.95. The second-order valence-electron chi connectivity index (χ2n) is 7.98. The van der Waals surface area contributed by atoms with E-state index in [1.54, 1.807) is 30.8 Å². The van der Waals surface area contributed by atoms with Crippen molar-refractivity contribution in [3.8, 4) is 11.1 Å². The van der Waals surface area contributed by atoms with Gasteiger partial charge in [-0.05, 0) is 43.7 Å². The summed E-state index contributed by atoms with van der Waals surface area (Å²) in [4.78, 5) is 26.7. The number of amides is 1. The second kappa shape index (κ2) is 12.6. The van der Waals surface area contributed by atoms with Crippen LogP contribution in [0.2, 0.25) is 5.02 Å². The maximum Gasteiger partial charge on any atom is 0.341 e. The van der Waals surface area contributed by atoms with Crippen LogP contribution in [-0.4, -0.2) is 39.0 Å². The van der Waals surface area contributed by atoms with Crippen LogP contribution in [0.1, 0.15) is 28.7 Å². The van der Waals surface area contributed by atoms with Crippen LogP contribution < -0.4 is 5.32 Å². The molecule has 2 heterocycles. The SMILES string of the molecule is CCOC(=O)c1c(-c2ccc(Cl)cc2)csc1NC(=O)CSc1nnc(CSc2ccc(C)cc2)n1C. The number of aromatic nitrogens is 3. The number of ether oxygens (including phenoxy) is 1. The summed E-state index contributed by atoms with van der Waals surface area (Å²) in [6.45, 7) is 4.04. The number of hydrogen-bond donors (Lipinski definition) is 1. The largest absolute Gasteiger partial charge is 0.462 e. The third-order valence-corrected chi connectivity index (χ3v) is 8.50. The maximum absolute atomic E-state index is 12.8. The Labute approximate surface area is 233 Å². The monoisotopic (exact) mass is 572 g/mol. The maximum atomic E-state index is 12.8. The van der Waals surface area contributed by atoms with Crippen LogP contribution in [0.5, 0.6) is 0 Å². The summed E-state index contributed by atoms with van der Waals surface area (Å²) in [6.07, 6.45) is 0. The normalized spacial score (nSPS) is 10.9. The smallest absolute Gasteiger partial charge is 0.341 e. The Morgan fingerprint density at radius 2 is 1.81 bits per heavy atom. The third-order valence-electron chi connectivity index (χ3n) is 5.33. The molecule has 1 N–H and O–H groups in total. The van der Waals surface area contributed by atoms with E-state index in [4.69, 9.17) is 16.3 Å². The molecular weight excluding hydrogens is 548 g/mol. The highest BCUT2D eigenvalue weighted by Crippen LogP contribution is 2.37. The first-order valence-corrected chi connectivity index (χ1v) is 14.6. The van der Waals surface area contributed by atoms with Crippen LogP contribution in [0.4, 0.5) is 5.00 Å². The highest BCUT2D eigenvalue weighted by Gasteiger charge is 2.23. The molecule has 192 valence electrons. The van der Waals surface area contributed by atoms with Crippen molar-refractivity contribution in [2.75, 3.05) is 17.7 Å². The summed E-state index contributed by atoms with van der Waals surface area (Å²) in [5.74, 6) is 0.876. The molecule has 1 amide bonds. The van der Waals surface area contributed by atoms with E-state index in [2.05, 4.69) is 46.7 Å². The van der Waals surface area contributed by atoms with Crippen LogP contribution in [-0.2, 0) is 22.3 Å². The van der Waals surface area contributed by atoms with Crippen LogP contribution in [0.3, 0.4) is 0 Å². The van der Waals surface area contributed by atoms with Crippen molar-refractivity contribution in [3.05, 3.63) is 75.9 Å². The van der Waals surface area contributed by atoms with Gasteiger partial charge in [0, 0.05) is 27.9 Å². The van der Waals surface area contributed by atoms with Crippen molar-refractivity contribution in [1.82, 2.24) is 14.8 Å². The first-order chi connectivity index (χ1) is 17.9. The number of thioether (sulfide) groups is 2. The van der Waals surface area contributed by atoms with E-state index in [9.17, 15) is 9.59 Å². The number of rotatable bonds is 10. The predicted octanol–water partition coefficient (Wildman–Crippen LogP) is 6.71. The number of halogens is 1. The number of nitrogens with zero attached hydrogens (tertiary/aromatic N) is 3. The molecule has 0 fully saturated rings. The van der Waals surface area contributed by atoms with E-state index in [1.807, 2.05) is 29.1 Å². The van der Waals surface area contributed by atoms with Gasteiger partial charge in [0.15, 0.2) is 5.16 Å². The first-order valence-electron chi connectivity index (χ1n) is 11.4. The molecule has 11 heteroatoms. The topological polar surface area (TPSA) is 86.1 Å². The van der Waals surface area contributed by atoms with Gasteiger partial charge < -0.3 is 14.6 Å². The van der Waals surface area contributed by atoms with Crippen molar-refractivity contribution in [2.45, 2.75) is 29.7 Å². The molecular formula is C26H25ClN4O3S3. The molecule has 0 unspecified atom stereocenters. The van der Waals surface area contributed by atoms with Gasteiger partial charge in [-0.15, -0.1) is 33.3 Å². The van der Waals surface area contributed by atoms with Gasteiger partial charge in [-0.1, -0.05) is 53.2 Å². The van der Waals surface area contributed by atoms with Crippen LogP contribution in [0, 0.1) is 6.92 Å². The van der Waals surface area contributed by atoms with E-state index in [0.717, 1.165) is 16.3 Å². The number of thiophene rings is 1. The van der Waals surface area contributed by atoms with Crippen LogP contribution >= 0.6 is 46.5 Å². The van der Waals surface area contributed by atoms with E-state index < -0.39 is 5.97 Å². The quantitative estimate of drug-likeness (QED) is 0.167. The summed E-state index contributed by atoms with van der Waals surface area (Å²) >= 11 is 10.3. The Morgan fingerprint density at radius 1 is 1.08 bits per heavy atom. The number of aryl methyl sites for hydroxylation is 1. The Kier molecular flexibility index (Phi) is 9.31. The molecule has 0 bridgehead atoms. The minimum Gasteiger partial charge on any atom is -0.462 e. The average Bonchev–Trinajstić information content (AvgIpc) is 3.46. The van der Waals surface area contributed by atoms with E-state index in [1.165, 1.54) is 28.7 Å². The van der Waals surface area contributed by atoms with Crippen LogP contribution in [0.15, 0.2) is 64.0 Å². The first kappa shape index (κ1) is 27.3. The Bertz CT molecular complexity index is 1390. The van der Waals surface area contributed by atoms with Gasteiger partial charge in [0.25, 0.3) is 0 Å². The molecule has 2 aromatic carbocycles. The number of benzene rings is 2. The number of nitrogens with one attached hydrogen (secondary N) is 1. The molecule has 0 aliphatic rings. The van der Waals surface area contributed by atoms with Gasteiger partial charge >= 0.3 is 5.97 Å². The van der Waals surface area contributed by atoms with E-state index in [-0.39, 0.29) is 18.3 Å². The summed E-state index contributed by atoms with van der Waals surface area (Å²) in [5, 5.41) is 14.9. The highest BCUT2D eigenvalue weighted by atomic mass is 35.5. The summed E-state index contributed by atoms with van der Waals surface area (Å²) < 4.78 is 7.16. The fourth-order valence-electron chi connectivity index (χ4n) is 3.37. The zero-order valence-electron chi connectivity index (χ0n) is 20.5. The summed E-state index contributed by atoms with van der Waals surface area (Å²) in [5.41, 5.74) is 3.06. The van der Waals surface area contributed by atoms with Gasteiger partial charge in [0.05, 0.1) is 18.1 Å². The molecule has 7 nitrogen and oxygen atoms in total. The van der Waals surface area contributed by atoms with Crippen molar-refractivity contribution < 1.29 is 14.3 Å². The Balaban J connectivity index is 1.40. The molecule has 0 radical (unpaired) electrons. The van der Waals surface area contributed by atoms with Gasteiger partial charge in [0.2, 0.25) is 5.91 Å². The van der Waals surface area contributed by atoms with E-state index >= 15 is 0 Å². The number of carbonyl (C=O) groups is 2. The molecule has 2 aromatic heterocycles. The molecule has 0 atom stereocenters. The van der Waals surface area contributed by atoms with Gasteiger partial charge in [-0.3, -0.25) is 4.79 Å². The summed E-state index contributed by atoms with van der Waals surface area (Å²) in [7, 11) is 1.89. The number of hydrogen-bond acceptors (Lipinski definition) is 8. The number of anilines is 1. The molecule has 4 rings (SSSR count). The molecule has 0 aliphatic heterocycles. The average molecular weight is 573 g/mol. The molecule has 0 saturated heterocycles. The number of esters is 1. The lowest BCUT2D eigenvalue weighted by Gasteiger charge is -2.09. The second-order valence-corrected chi connectivity index (χ2v) is 11.3. The lowest BCUT2D eigenvalue weighted by molar-refractivity contribution is -0.113. The molecule has 0 saturated carbocycles. The van der Waals surface area contributed by atoms with Crippen molar-refractivity contribution in [3.63, 3.8) is 0 Å². The van der Waals surface area contributed by atoms with Crippen molar-refractivity contribution >= 4 is 63.3 Å². The lowest BCUT2D eigenvalue weighted by Crippen LogP contribution is -2.16. The van der Waals surface area contributed by atoms with Crippen molar-refractivity contribution in [1.29, 1.82) is 0 Å². The van der Waals surface area contributed by atoms with Gasteiger partial charge in [0.1, 0.15) is 16.4 Å². The van der Waals surface area contributed by atoms with Gasteiger partial charge in [-0.25, -0.2) is 4.79 Å². The number of carbonyl (C=O) groups excluding carboxylic acids is 2. The highest BCUT2D eigenvalue weighted by molar-refractivity contribution is 7.99. The van der Waals surface area contributed by atoms with Crippen LogP contribution in [0.25, 0.3) is 11.1 Å². The minimum atomic E-state index is -0.485. The fourth-order valence-corrected chi connectivity index (χ4v) is 6.07. The zero-order valence-corrected chi connectivity index (χ0v) is 23.7. The fraction of sp³-hybridized carbons (Fsp3) is 0.231. The van der Waals surface area contributed by atoms with Gasteiger partial charge in [-0.2, -0.15) is 0 Å². The minimum absolute atomic E-state index is 0.119. The lowest BCUT2D eigenvalue weighted by atomic mass is 10.0. The predicted molar refractivity (Wildman–Crippen MR) is 152 cm³/mol. The Hall–Kier alpha value is -2.79. The Morgan fingerprint density at radius 3 is 2.51 bits per heavy atom. The molecule has 37 heavy (non-hydrogen) atoms. The molecule has 0 aliphatic carbocycles. The molecule has 0 spiro atoms. The zero-order chi connectivity index (χ0) is 26.4. The van der Waals surface area contributed by atoms with Crippen molar-refractivity contribution in [2.24, 2.45) is 7.05 Å².